The van der Waals surface area contributed by atoms with Crippen LogP contribution in [0.15, 0.2) is 12.1 Å². The summed E-state index contributed by atoms with van der Waals surface area (Å²) in [7, 11) is 1.31. The molecule has 1 heterocycles. The number of amides is 1. The Bertz CT molecular complexity index is 793. The van der Waals surface area contributed by atoms with Crippen LogP contribution in [0, 0.1) is 6.92 Å². The van der Waals surface area contributed by atoms with E-state index in [-0.39, 0.29) is 12.7 Å². The Morgan fingerprint density at radius 2 is 1.73 bits per heavy atom. The standard InChI is InChI=1S/C21H30N2O7/c1-14-15(12-29-13-18(24)25)10-16(11-17(14)19(26)28-5)22-6-8-23(9-7-22)20(27)30-21(2,3)4/h10-11H,6-9,12-13H2,1-5H3,(H,24,25). The molecule has 0 bridgehead atoms. The van der Waals surface area contributed by atoms with Gasteiger partial charge in [-0.15, -0.1) is 0 Å². The number of carbonyl (C=O) groups is 3. The van der Waals surface area contributed by atoms with E-state index in [0.717, 1.165) is 5.69 Å². The third-order valence-electron chi connectivity index (χ3n) is 4.68. The zero-order valence-electron chi connectivity index (χ0n) is 18.2. The van der Waals surface area contributed by atoms with Gasteiger partial charge in [-0.3, -0.25) is 0 Å². The van der Waals surface area contributed by atoms with Gasteiger partial charge in [-0.25, -0.2) is 14.4 Å². The first-order valence-electron chi connectivity index (χ1n) is 9.76. The van der Waals surface area contributed by atoms with Crippen LogP contribution in [0.2, 0.25) is 0 Å². The predicted octanol–water partition coefficient (Wildman–Crippen LogP) is 2.44. The van der Waals surface area contributed by atoms with Crippen molar-refractivity contribution < 1.29 is 33.7 Å². The Kier molecular flexibility index (Phi) is 7.66. The van der Waals surface area contributed by atoms with E-state index in [1.807, 2.05) is 26.8 Å². The summed E-state index contributed by atoms with van der Waals surface area (Å²) in [5.74, 6) is -1.53. The van der Waals surface area contributed by atoms with Crippen molar-refractivity contribution in [3.8, 4) is 0 Å². The molecule has 1 amide bonds. The number of esters is 1. The fourth-order valence-electron chi connectivity index (χ4n) is 3.13. The highest BCUT2D eigenvalue weighted by molar-refractivity contribution is 5.92. The number of carboxylic acid groups (broad SMARTS) is 1. The quantitative estimate of drug-likeness (QED) is 0.697. The van der Waals surface area contributed by atoms with E-state index >= 15 is 0 Å². The average Bonchev–Trinajstić information content (AvgIpc) is 2.67. The highest BCUT2D eigenvalue weighted by Gasteiger charge is 2.27. The van der Waals surface area contributed by atoms with Gasteiger partial charge in [-0.2, -0.15) is 0 Å². The first-order valence-corrected chi connectivity index (χ1v) is 9.76. The van der Waals surface area contributed by atoms with Crippen LogP contribution in [0.1, 0.15) is 42.3 Å². The maximum absolute atomic E-state index is 12.3. The Morgan fingerprint density at radius 3 is 2.27 bits per heavy atom. The second-order valence-corrected chi connectivity index (χ2v) is 8.11. The van der Waals surface area contributed by atoms with Crippen LogP contribution in [-0.4, -0.2) is 73.5 Å². The summed E-state index contributed by atoms with van der Waals surface area (Å²) in [6.45, 7) is 9.01. The minimum absolute atomic E-state index is 0.0633. The van der Waals surface area contributed by atoms with Crippen molar-refractivity contribution in [3.63, 3.8) is 0 Å². The van der Waals surface area contributed by atoms with Gasteiger partial charge < -0.3 is 29.1 Å². The molecule has 1 saturated heterocycles. The highest BCUT2D eigenvalue weighted by atomic mass is 16.6. The molecule has 0 saturated carbocycles. The third-order valence-corrected chi connectivity index (χ3v) is 4.68. The fraction of sp³-hybridized carbons (Fsp3) is 0.571. The van der Waals surface area contributed by atoms with Gasteiger partial charge in [0.2, 0.25) is 0 Å². The number of hydrogen-bond acceptors (Lipinski definition) is 7. The largest absolute Gasteiger partial charge is 0.480 e. The summed E-state index contributed by atoms with van der Waals surface area (Å²) in [6.07, 6.45) is -0.343. The molecule has 0 aromatic heterocycles. The number of nitrogens with zero attached hydrogens (tertiary/aromatic N) is 2. The highest BCUT2D eigenvalue weighted by Crippen LogP contribution is 2.26. The van der Waals surface area contributed by atoms with Gasteiger partial charge in [0.15, 0.2) is 0 Å². The average molecular weight is 422 g/mol. The van der Waals surface area contributed by atoms with Crippen LogP contribution in [0.3, 0.4) is 0 Å². The van der Waals surface area contributed by atoms with E-state index in [0.29, 0.717) is 42.9 Å². The molecule has 166 valence electrons. The van der Waals surface area contributed by atoms with Gasteiger partial charge >= 0.3 is 18.0 Å². The number of rotatable bonds is 6. The lowest BCUT2D eigenvalue weighted by atomic mass is 10.0. The number of carboxylic acids is 1. The van der Waals surface area contributed by atoms with Crippen LogP contribution >= 0.6 is 0 Å². The molecule has 0 unspecified atom stereocenters. The van der Waals surface area contributed by atoms with Gasteiger partial charge in [-0.05, 0) is 51.0 Å². The molecule has 1 N–H and O–H groups in total. The number of carbonyl (C=O) groups excluding carboxylic acids is 2. The van der Waals surface area contributed by atoms with Crippen LogP contribution < -0.4 is 4.90 Å². The lowest BCUT2D eigenvalue weighted by Crippen LogP contribution is -2.50. The third kappa shape index (κ3) is 6.35. The van der Waals surface area contributed by atoms with Crippen molar-refractivity contribution in [2.75, 3.05) is 44.8 Å². The predicted molar refractivity (Wildman–Crippen MR) is 110 cm³/mol. The minimum Gasteiger partial charge on any atom is -0.480 e. The zero-order chi connectivity index (χ0) is 22.5. The Hall–Kier alpha value is -2.81. The van der Waals surface area contributed by atoms with Crippen LogP contribution in [0.25, 0.3) is 0 Å². The molecule has 9 nitrogen and oxygen atoms in total. The molecule has 1 aliphatic rings. The Morgan fingerprint density at radius 1 is 1.10 bits per heavy atom. The fourth-order valence-corrected chi connectivity index (χ4v) is 3.13. The topological polar surface area (TPSA) is 106 Å². The molecule has 9 heteroatoms. The summed E-state index contributed by atoms with van der Waals surface area (Å²) in [4.78, 5) is 39.0. The van der Waals surface area contributed by atoms with E-state index < -0.39 is 24.1 Å². The zero-order valence-corrected chi connectivity index (χ0v) is 18.2. The van der Waals surface area contributed by atoms with Gasteiger partial charge in [0.25, 0.3) is 0 Å². The first kappa shape index (κ1) is 23.5. The maximum atomic E-state index is 12.3. The van der Waals surface area contributed by atoms with E-state index in [2.05, 4.69) is 4.90 Å². The number of piperazine rings is 1. The number of aliphatic carboxylic acids is 1. The van der Waals surface area contributed by atoms with Crippen LogP contribution in [-0.2, 0) is 25.6 Å². The molecule has 2 rings (SSSR count). The van der Waals surface area contributed by atoms with Crippen molar-refractivity contribution in [1.82, 2.24) is 4.90 Å². The summed E-state index contributed by atoms with van der Waals surface area (Å²) < 4.78 is 15.5. The molecule has 1 fully saturated rings. The molecule has 1 aliphatic heterocycles. The molecule has 0 radical (unpaired) electrons. The van der Waals surface area contributed by atoms with Gasteiger partial charge in [-0.1, -0.05) is 0 Å². The molecule has 0 aliphatic carbocycles. The smallest absolute Gasteiger partial charge is 0.410 e. The number of benzene rings is 1. The second-order valence-electron chi connectivity index (χ2n) is 8.11. The van der Waals surface area contributed by atoms with Gasteiger partial charge in [0, 0.05) is 31.9 Å². The lowest BCUT2D eigenvalue weighted by Gasteiger charge is -2.37. The normalized spacial score (nSPS) is 14.4. The van der Waals surface area contributed by atoms with Gasteiger partial charge in [0.1, 0.15) is 12.2 Å². The summed E-state index contributed by atoms with van der Waals surface area (Å²) in [6, 6.07) is 3.64. The van der Waals surface area contributed by atoms with E-state index in [9.17, 15) is 14.4 Å². The van der Waals surface area contributed by atoms with E-state index in [1.165, 1.54) is 7.11 Å². The number of anilines is 1. The van der Waals surface area contributed by atoms with Crippen molar-refractivity contribution in [2.45, 2.75) is 39.9 Å². The molecule has 1 aromatic rings. The first-order chi connectivity index (χ1) is 14.0. The van der Waals surface area contributed by atoms with Crippen LogP contribution in [0.5, 0.6) is 0 Å². The van der Waals surface area contributed by atoms with E-state index in [1.54, 1.807) is 17.9 Å². The lowest BCUT2D eigenvalue weighted by molar-refractivity contribution is -0.142. The monoisotopic (exact) mass is 422 g/mol. The molecule has 0 atom stereocenters. The van der Waals surface area contributed by atoms with Crippen molar-refractivity contribution in [1.29, 1.82) is 0 Å². The van der Waals surface area contributed by atoms with Crippen molar-refractivity contribution in [2.24, 2.45) is 0 Å². The molecular formula is C21H30N2O7. The van der Waals surface area contributed by atoms with E-state index in [4.69, 9.17) is 19.3 Å². The van der Waals surface area contributed by atoms with Crippen molar-refractivity contribution >= 4 is 23.7 Å². The minimum atomic E-state index is -1.06. The number of ether oxygens (including phenoxy) is 3. The number of methoxy groups -OCH3 is 1. The summed E-state index contributed by atoms with van der Waals surface area (Å²) in [5.41, 5.74) is 2.04. The molecular weight excluding hydrogens is 392 g/mol. The Labute approximate surface area is 176 Å². The summed E-state index contributed by atoms with van der Waals surface area (Å²) in [5, 5.41) is 8.79. The van der Waals surface area contributed by atoms with Crippen LogP contribution in [0.4, 0.5) is 10.5 Å². The Balaban J connectivity index is 2.17. The van der Waals surface area contributed by atoms with Gasteiger partial charge in [0.05, 0.1) is 19.3 Å². The van der Waals surface area contributed by atoms with Crippen molar-refractivity contribution in [3.05, 3.63) is 28.8 Å². The molecule has 0 spiro atoms. The maximum Gasteiger partial charge on any atom is 0.410 e. The summed E-state index contributed by atoms with van der Waals surface area (Å²) >= 11 is 0. The molecule has 1 aromatic carbocycles. The molecule has 30 heavy (non-hydrogen) atoms. The second kappa shape index (κ2) is 9.80. The SMILES string of the molecule is COC(=O)c1cc(N2CCN(C(=O)OC(C)(C)C)CC2)cc(COCC(=O)O)c1C. The number of hydrogen-bond donors (Lipinski definition) is 1.